The number of rotatable bonds is 2. The van der Waals surface area contributed by atoms with Crippen molar-refractivity contribution in [1.29, 1.82) is 0 Å². The van der Waals surface area contributed by atoms with Crippen LogP contribution in [0.5, 0.6) is 0 Å². The molecular weight excluding hydrogens is 236 g/mol. The van der Waals surface area contributed by atoms with Gasteiger partial charge in [0, 0.05) is 0 Å². The lowest BCUT2D eigenvalue weighted by molar-refractivity contribution is 0.270. The Bertz CT molecular complexity index is 729. The lowest BCUT2D eigenvalue weighted by Crippen LogP contribution is -1.94. The van der Waals surface area contributed by atoms with Crippen molar-refractivity contribution in [2.75, 3.05) is 0 Å². The fraction of sp³-hybridized carbons (Fsp3) is 0.125. The highest BCUT2D eigenvalue weighted by Gasteiger charge is 2.11. The van der Waals surface area contributed by atoms with Crippen LogP contribution in [0.25, 0.3) is 22.2 Å². The normalized spacial score (nSPS) is 11.1. The molecule has 19 heavy (non-hydrogen) atoms. The highest BCUT2D eigenvalue weighted by Crippen LogP contribution is 2.27. The Morgan fingerprint density at radius 2 is 1.89 bits per heavy atom. The molecule has 0 saturated carbocycles. The monoisotopic (exact) mass is 250 g/mol. The van der Waals surface area contributed by atoms with Crippen LogP contribution in [0.1, 0.15) is 11.4 Å². The Morgan fingerprint density at radius 3 is 2.58 bits per heavy atom. The van der Waals surface area contributed by atoms with Gasteiger partial charge in [0.15, 0.2) is 0 Å². The molecule has 3 nitrogen and oxygen atoms in total. The second kappa shape index (κ2) is 4.52. The van der Waals surface area contributed by atoms with Gasteiger partial charge in [-0.25, -0.2) is 4.98 Å². The summed E-state index contributed by atoms with van der Waals surface area (Å²) >= 11 is 0. The number of benzene rings is 2. The molecule has 1 N–H and O–H groups in total. The van der Waals surface area contributed by atoms with Gasteiger partial charge in [-0.3, -0.25) is 0 Å². The number of fused-ring (bicyclic) bond motifs is 1. The van der Waals surface area contributed by atoms with E-state index in [0.29, 0.717) is 5.82 Å². The largest absolute Gasteiger partial charge is 0.388 e. The van der Waals surface area contributed by atoms with E-state index in [0.717, 1.165) is 27.7 Å². The second-order valence-electron chi connectivity index (χ2n) is 4.58. The maximum atomic E-state index is 9.23. The molecule has 94 valence electrons. The number of imidazole rings is 1. The highest BCUT2D eigenvalue weighted by atomic mass is 16.3. The van der Waals surface area contributed by atoms with Gasteiger partial charge in [0.2, 0.25) is 0 Å². The number of aliphatic hydroxyl groups is 1. The summed E-state index contributed by atoms with van der Waals surface area (Å²) in [6.45, 7) is 1.84. The van der Waals surface area contributed by atoms with E-state index < -0.39 is 0 Å². The average molecular weight is 250 g/mol. The molecular formula is C16H14N2O. The van der Waals surface area contributed by atoms with Crippen molar-refractivity contribution < 1.29 is 5.11 Å². The average Bonchev–Trinajstić information content (AvgIpc) is 2.77. The SMILES string of the molecule is [CH]n1c(CO)nc2c(C)cc(-c3ccccc3)cc21. The van der Waals surface area contributed by atoms with E-state index in [1.165, 1.54) is 4.57 Å². The van der Waals surface area contributed by atoms with Crippen LogP contribution in [-0.2, 0) is 6.61 Å². The lowest BCUT2D eigenvalue weighted by atomic mass is 10.0. The van der Waals surface area contributed by atoms with E-state index in [9.17, 15) is 5.11 Å². The van der Waals surface area contributed by atoms with Crippen molar-refractivity contribution in [2.45, 2.75) is 13.5 Å². The van der Waals surface area contributed by atoms with Gasteiger partial charge in [0.25, 0.3) is 0 Å². The molecule has 0 unspecified atom stereocenters. The molecule has 0 aliphatic carbocycles. The highest BCUT2D eigenvalue weighted by molar-refractivity contribution is 5.85. The van der Waals surface area contributed by atoms with Gasteiger partial charge in [0.05, 0.1) is 18.1 Å². The fourth-order valence-corrected chi connectivity index (χ4v) is 2.32. The van der Waals surface area contributed by atoms with Crippen LogP contribution in [-0.4, -0.2) is 14.7 Å². The Morgan fingerprint density at radius 1 is 1.16 bits per heavy atom. The van der Waals surface area contributed by atoms with Crippen LogP contribution >= 0.6 is 0 Å². The second-order valence-corrected chi connectivity index (χ2v) is 4.58. The molecule has 3 heteroatoms. The van der Waals surface area contributed by atoms with Gasteiger partial charge >= 0.3 is 0 Å². The summed E-state index contributed by atoms with van der Waals surface area (Å²) in [5, 5.41) is 9.23. The lowest BCUT2D eigenvalue weighted by Gasteiger charge is -2.05. The van der Waals surface area contributed by atoms with Gasteiger partial charge in [-0.05, 0) is 35.7 Å². The Kier molecular flexibility index (Phi) is 2.84. The summed E-state index contributed by atoms with van der Waals surface area (Å²) in [6.07, 6.45) is 0. The van der Waals surface area contributed by atoms with Gasteiger partial charge < -0.3 is 9.67 Å². The van der Waals surface area contributed by atoms with Crippen molar-refractivity contribution in [1.82, 2.24) is 9.55 Å². The minimum atomic E-state index is -0.161. The summed E-state index contributed by atoms with van der Waals surface area (Å²) in [5.41, 5.74) is 4.96. The summed E-state index contributed by atoms with van der Waals surface area (Å²) in [7, 11) is 5.96. The van der Waals surface area contributed by atoms with Gasteiger partial charge in [-0.2, -0.15) is 0 Å². The van der Waals surface area contributed by atoms with Gasteiger partial charge in [-0.15, -0.1) is 0 Å². The van der Waals surface area contributed by atoms with Crippen LogP contribution < -0.4 is 0 Å². The number of hydrogen-bond acceptors (Lipinski definition) is 2. The molecule has 2 aromatic carbocycles. The summed E-state index contributed by atoms with van der Waals surface area (Å²) in [5.74, 6) is 0.475. The molecule has 0 amide bonds. The first-order valence-corrected chi connectivity index (χ1v) is 6.14. The van der Waals surface area contributed by atoms with E-state index >= 15 is 0 Å². The van der Waals surface area contributed by atoms with E-state index in [1.807, 2.05) is 31.2 Å². The third-order valence-corrected chi connectivity index (χ3v) is 3.31. The van der Waals surface area contributed by atoms with E-state index in [4.69, 9.17) is 7.05 Å². The first-order valence-electron chi connectivity index (χ1n) is 6.14. The molecule has 0 bridgehead atoms. The summed E-state index contributed by atoms with van der Waals surface area (Å²) in [4.78, 5) is 4.35. The first-order chi connectivity index (χ1) is 9.20. The molecule has 0 atom stereocenters. The Hall–Kier alpha value is -2.13. The van der Waals surface area contributed by atoms with Crippen molar-refractivity contribution in [3.63, 3.8) is 0 Å². The smallest absolute Gasteiger partial charge is 0.136 e. The van der Waals surface area contributed by atoms with Crippen LogP contribution in [0.15, 0.2) is 42.5 Å². The standard InChI is InChI=1S/C16H14N2O/c1-11-8-13(12-6-4-3-5-7-12)9-14-16(11)17-15(10-19)18(14)2/h2-9,19H,10H2,1H3. The molecule has 3 rings (SSSR count). The Balaban J connectivity index is 2.27. The number of aliphatic hydroxyl groups excluding tert-OH is 1. The fourth-order valence-electron chi connectivity index (χ4n) is 2.32. The maximum absolute atomic E-state index is 9.23. The molecule has 0 aliphatic rings. The van der Waals surface area contributed by atoms with Crippen LogP contribution in [0, 0.1) is 14.0 Å². The maximum Gasteiger partial charge on any atom is 0.136 e. The van der Waals surface area contributed by atoms with E-state index in [1.54, 1.807) is 0 Å². The summed E-state index contributed by atoms with van der Waals surface area (Å²) < 4.78 is 1.45. The van der Waals surface area contributed by atoms with E-state index in [-0.39, 0.29) is 6.61 Å². The number of aromatic nitrogens is 2. The third kappa shape index (κ3) is 1.92. The predicted octanol–water partition coefficient (Wildman–Crippen LogP) is 3.02. The van der Waals surface area contributed by atoms with Crippen molar-refractivity contribution in [3.05, 3.63) is 60.9 Å². The zero-order valence-electron chi connectivity index (χ0n) is 10.7. The van der Waals surface area contributed by atoms with Gasteiger partial charge in [0.1, 0.15) is 12.4 Å². The number of aryl methyl sites for hydroxylation is 1. The zero-order chi connectivity index (χ0) is 13.4. The Labute approximate surface area is 112 Å². The minimum Gasteiger partial charge on any atom is -0.388 e. The molecule has 0 fully saturated rings. The molecule has 2 radical (unpaired) electrons. The van der Waals surface area contributed by atoms with Crippen molar-refractivity contribution in [3.8, 4) is 11.1 Å². The van der Waals surface area contributed by atoms with Gasteiger partial charge in [-0.1, -0.05) is 30.3 Å². The first kappa shape index (κ1) is 11.9. The molecule has 0 saturated heterocycles. The predicted molar refractivity (Wildman–Crippen MR) is 75.5 cm³/mol. The van der Waals surface area contributed by atoms with E-state index in [2.05, 4.69) is 23.2 Å². The number of nitrogens with zero attached hydrogens (tertiary/aromatic N) is 2. The topological polar surface area (TPSA) is 38.0 Å². The van der Waals surface area contributed by atoms with Crippen LogP contribution in [0.4, 0.5) is 0 Å². The quantitative estimate of drug-likeness (QED) is 0.759. The zero-order valence-corrected chi connectivity index (χ0v) is 10.7. The molecule has 1 heterocycles. The summed E-state index contributed by atoms with van der Waals surface area (Å²) in [6, 6.07) is 14.2. The van der Waals surface area contributed by atoms with Crippen LogP contribution in [0.3, 0.4) is 0 Å². The molecule has 0 aliphatic heterocycles. The van der Waals surface area contributed by atoms with Crippen LogP contribution in [0.2, 0.25) is 0 Å². The third-order valence-electron chi connectivity index (χ3n) is 3.31. The van der Waals surface area contributed by atoms with Crippen molar-refractivity contribution in [2.24, 2.45) is 0 Å². The van der Waals surface area contributed by atoms with Crippen molar-refractivity contribution >= 4 is 11.0 Å². The number of hydrogen-bond donors (Lipinski definition) is 1. The molecule has 3 aromatic rings. The minimum absolute atomic E-state index is 0.161. The molecule has 1 aromatic heterocycles. The molecule has 0 spiro atoms.